The van der Waals surface area contributed by atoms with E-state index in [2.05, 4.69) is 5.32 Å². The monoisotopic (exact) mass is 433 g/mol. The molecule has 0 aliphatic carbocycles. The molecule has 0 spiro atoms. The largest absolute Gasteiger partial charge is 0.491 e. The zero-order chi connectivity index (χ0) is 23.1. The molecule has 0 aromatic heterocycles. The molecule has 3 amide bonds. The van der Waals surface area contributed by atoms with Crippen molar-refractivity contribution in [3.63, 3.8) is 0 Å². The van der Waals surface area contributed by atoms with Crippen molar-refractivity contribution in [2.24, 2.45) is 5.92 Å². The Kier molecular flexibility index (Phi) is 8.86. The van der Waals surface area contributed by atoms with E-state index in [1.165, 1.54) is 0 Å². The van der Waals surface area contributed by atoms with Crippen LogP contribution >= 0.6 is 0 Å². The highest BCUT2D eigenvalue weighted by atomic mass is 16.5. The normalized spacial score (nSPS) is 22.6. The first-order valence-corrected chi connectivity index (χ1v) is 10.8. The second-order valence-electron chi connectivity index (χ2n) is 8.28. The predicted molar refractivity (Wildman–Crippen MR) is 119 cm³/mol. The van der Waals surface area contributed by atoms with Crippen molar-refractivity contribution in [1.82, 2.24) is 9.80 Å². The summed E-state index contributed by atoms with van der Waals surface area (Å²) in [5.74, 6) is 0.0887. The minimum atomic E-state index is -0.237. The fourth-order valence-corrected chi connectivity index (χ4v) is 3.74. The van der Waals surface area contributed by atoms with Crippen LogP contribution in [0.1, 0.15) is 50.9 Å². The van der Waals surface area contributed by atoms with Crippen LogP contribution in [-0.2, 0) is 14.3 Å². The summed E-state index contributed by atoms with van der Waals surface area (Å²) in [7, 11) is 3.33. The number of carbonyl (C=O) groups is 3. The number of amides is 3. The quantitative estimate of drug-likeness (QED) is 0.789. The molecule has 1 aromatic carbocycles. The summed E-state index contributed by atoms with van der Waals surface area (Å²) >= 11 is 0. The summed E-state index contributed by atoms with van der Waals surface area (Å²) in [5.41, 5.74) is 0.908. The molecule has 0 radical (unpaired) electrons. The molecule has 1 N–H and O–H groups in total. The minimum absolute atomic E-state index is 0.0187. The van der Waals surface area contributed by atoms with Crippen molar-refractivity contribution in [2.75, 3.05) is 39.2 Å². The van der Waals surface area contributed by atoms with Gasteiger partial charge in [0.2, 0.25) is 11.8 Å². The Balaban J connectivity index is 2.42. The van der Waals surface area contributed by atoms with Crippen LogP contribution in [0.2, 0.25) is 0 Å². The average molecular weight is 434 g/mol. The number of benzene rings is 1. The van der Waals surface area contributed by atoms with Crippen LogP contribution in [0.5, 0.6) is 5.75 Å². The number of rotatable bonds is 4. The first kappa shape index (κ1) is 24.7. The topological polar surface area (TPSA) is 88.2 Å². The molecule has 8 nitrogen and oxygen atoms in total. The Morgan fingerprint density at radius 1 is 1.26 bits per heavy atom. The number of hydrogen-bond donors (Lipinski definition) is 1. The summed E-state index contributed by atoms with van der Waals surface area (Å²) in [5, 5.41) is 2.83. The smallest absolute Gasteiger partial charge is 0.257 e. The number of methoxy groups -OCH3 is 1. The third-order valence-electron chi connectivity index (χ3n) is 5.61. The van der Waals surface area contributed by atoms with Gasteiger partial charge < -0.3 is 24.6 Å². The van der Waals surface area contributed by atoms with Crippen molar-refractivity contribution < 1.29 is 23.9 Å². The van der Waals surface area contributed by atoms with Gasteiger partial charge in [0.05, 0.1) is 17.7 Å². The Labute approximate surface area is 184 Å². The van der Waals surface area contributed by atoms with Gasteiger partial charge in [0.15, 0.2) is 0 Å². The van der Waals surface area contributed by atoms with Crippen LogP contribution in [0.4, 0.5) is 5.69 Å². The highest BCUT2D eigenvalue weighted by Crippen LogP contribution is 2.26. The summed E-state index contributed by atoms with van der Waals surface area (Å²) in [6.07, 6.45) is 0.912. The molecule has 31 heavy (non-hydrogen) atoms. The Hall–Kier alpha value is -2.61. The maximum atomic E-state index is 13.3. The molecule has 1 aliphatic rings. The molecule has 0 bridgehead atoms. The Morgan fingerprint density at radius 3 is 2.58 bits per heavy atom. The van der Waals surface area contributed by atoms with E-state index in [-0.39, 0.29) is 42.4 Å². The van der Waals surface area contributed by atoms with E-state index in [0.717, 1.165) is 6.42 Å². The van der Waals surface area contributed by atoms with Gasteiger partial charge in [-0.1, -0.05) is 13.8 Å². The van der Waals surface area contributed by atoms with Crippen LogP contribution < -0.4 is 10.1 Å². The lowest BCUT2D eigenvalue weighted by atomic mass is 10.0. The number of hydrogen-bond acceptors (Lipinski definition) is 5. The zero-order valence-corrected chi connectivity index (χ0v) is 19.4. The fraction of sp³-hybridized carbons (Fsp3) is 0.609. The summed E-state index contributed by atoms with van der Waals surface area (Å²) in [6, 6.07) is 4.88. The van der Waals surface area contributed by atoms with Crippen molar-refractivity contribution in [1.29, 1.82) is 0 Å². The van der Waals surface area contributed by atoms with Gasteiger partial charge in [-0.15, -0.1) is 0 Å². The third kappa shape index (κ3) is 6.43. The van der Waals surface area contributed by atoms with Crippen LogP contribution in [0.15, 0.2) is 18.2 Å². The predicted octanol–water partition coefficient (Wildman–Crippen LogP) is 2.78. The van der Waals surface area contributed by atoms with Crippen molar-refractivity contribution >= 4 is 23.4 Å². The zero-order valence-electron chi connectivity index (χ0n) is 19.4. The molecule has 0 saturated carbocycles. The molecule has 1 heterocycles. The van der Waals surface area contributed by atoms with E-state index in [9.17, 15) is 14.4 Å². The van der Waals surface area contributed by atoms with Crippen molar-refractivity contribution in [3.05, 3.63) is 23.8 Å². The van der Waals surface area contributed by atoms with Gasteiger partial charge in [0.1, 0.15) is 12.4 Å². The number of nitrogens with zero attached hydrogens (tertiary/aromatic N) is 2. The molecule has 0 saturated heterocycles. The summed E-state index contributed by atoms with van der Waals surface area (Å²) in [6.45, 7) is 8.54. The van der Waals surface area contributed by atoms with Gasteiger partial charge >= 0.3 is 0 Å². The summed E-state index contributed by atoms with van der Waals surface area (Å²) < 4.78 is 11.6. The number of carbonyl (C=O) groups excluding carboxylic acids is 3. The van der Waals surface area contributed by atoms with Crippen LogP contribution in [0, 0.1) is 5.92 Å². The molecule has 8 heteroatoms. The van der Waals surface area contributed by atoms with Gasteiger partial charge in [0.25, 0.3) is 5.91 Å². The molecule has 0 fully saturated rings. The van der Waals surface area contributed by atoms with E-state index in [1.54, 1.807) is 49.1 Å². The molecule has 2 rings (SSSR count). The SMILES string of the molecule is CCCC(=O)Nc1ccc2c(c1)C(=O)N(C)C[C@@H](OC)[C@H](C)CN(C(C)=O)[C@@H](C)CO2. The second kappa shape index (κ2) is 11.1. The minimum Gasteiger partial charge on any atom is -0.491 e. The highest BCUT2D eigenvalue weighted by molar-refractivity contribution is 5.99. The molecule has 3 atom stereocenters. The van der Waals surface area contributed by atoms with Crippen molar-refractivity contribution in [2.45, 2.75) is 52.7 Å². The molecule has 172 valence electrons. The van der Waals surface area contributed by atoms with Gasteiger partial charge in [-0.2, -0.15) is 0 Å². The Bertz CT molecular complexity index is 797. The molecule has 1 aromatic rings. The maximum absolute atomic E-state index is 13.3. The molecule has 0 unspecified atom stereocenters. The van der Waals surface area contributed by atoms with Gasteiger partial charge in [-0.25, -0.2) is 0 Å². The number of fused-ring (bicyclic) bond motifs is 1. The van der Waals surface area contributed by atoms with E-state index in [0.29, 0.717) is 36.5 Å². The number of anilines is 1. The highest BCUT2D eigenvalue weighted by Gasteiger charge is 2.29. The first-order chi connectivity index (χ1) is 14.7. The van der Waals surface area contributed by atoms with E-state index < -0.39 is 0 Å². The van der Waals surface area contributed by atoms with Crippen LogP contribution in [-0.4, -0.2) is 73.5 Å². The number of likely N-dealkylation sites (N-methyl/N-ethyl adjacent to an activating group) is 1. The second-order valence-corrected chi connectivity index (χ2v) is 8.28. The lowest BCUT2D eigenvalue weighted by Crippen LogP contribution is -2.48. The molecular formula is C23H35N3O5. The molecule has 1 aliphatic heterocycles. The lowest BCUT2D eigenvalue weighted by molar-refractivity contribution is -0.133. The van der Waals surface area contributed by atoms with Gasteiger partial charge in [-0.05, 0) is 31.5 Å². The average Bonchev–Trinajstić information content (AvgIpc) is 2.72. The third-order valence-corrected chi connectivity index (χ3v) is 5.61. The van der Waals surface area contributed by atoms with Gasteiger partial charge in [-0.3, -0.25) is 14.4 Å². The van der Waals surface area contributed by atoms with Crippen molar-refractivity contribution in [3.8, 4) is 5.75 Å². The fourth-order valence-electron chi connectivity index (χ4n) is 3.74. The Morgan fingerprint density at radius 2 is 1.97 bits per heavy atom. The van der Waals surface area contributed by atoms with E-state index in [4.69, 9.17) is 9.47 Å². The number of nitrogens with one attached hydrogen (secondary N) is 1. The number of ether oxygens (including phenoxy) is 2. The molecular weight excluding hydrogens is 398 g/mol. The lowest BCUT2D eigenvalue weighted by Gasteiger charge is -2.35. The van der Waals surface area contributed by atoms with Crippen LogP contribution in [0.3, 0.4) is 0 Å². The van der Waals surface area contributed by atoms with Gasteiger partial charge in [0, 0.05) is 52.2 Å². The van der Waals surface area contributed by atoms with Crippen LogP contribution in [0.25, 0.3) is 0 Å². The van der Waals surface area contributed by atoms with E-state index in [1.807, 2.05) is 20.8 Å². The standard InChI is InChI=1S/C23H35N3O5/c1-7-8-22(28)24-18-9-10-20-19(11-18)23(29)25(5)13-21(30-6)15(2)12-26(17(4)27)16(3)14-31-20/h9-11,15-16,21H,7-8,12-14H2,1-6H3,(H,24,28)/t15-,16+,21-/m1/s1. The maximum Gasteiger partial charge on any atom is 0.257 e. The first-order valence-electron chi connectivity index (χ1n) is 10.8. The summed E-state index contributed by atoms with van der Waals surface area (Å²) in [4.78, 5) is 40.9. The van der Waals surface area contributed by atoms with E-state index >= 15 is 0 Å².